The number of aromatic nitrogens is 3. The summed E-state index contributed by atoms with van der Waals surface area (Å²) in [5.41, 5.74) is 5.42. The van der Waals surface area contributed by atoms with E-state index in [4.69, 9.17) is 9.72 Å². The Morgan fingerprint density at radius 3 is 2.58 bits per heavy atom. The highest BCUT2D eigenvalue weighted by Gasteiger charge is 2.65. The van der Waals surface area contributed by atoms with Crippen molar-refractivity contribution < 1.29 is 9.53 Å². The quantitative estimate of drug-likeness (QED) is 0.384. The molecule has 1 saturated heterocycles. The number of rotatable bonds is 4. The van der Waals surface area contributed by atoms with Gasteiger partial charge in [-0.2, -0.15) is 5.10 Å². The Kier molecular flexibility index (Phi) is 6.75. The van der Waals surface area contributed by atoms with E-state index in [0.29, 0.717) is 0 Å². The predicted octanol–water partition coefficient (Wildman–Crippen LogP) is 4.61. The molecule has 2 aromatic carbocycles. The fourth-order valence-corrected chi connectivity index (χ4v) is 5.92. The molecule has 4 heterocycles. The molecule has 4 aromatic rings. The number of pyridine rings is 1. The lowest BCUT2D eigenvalue weighted by Crippen LogP contribution is -2.44. The second kappa shape index (κ2) is 9.76. The first-order chi connectivity index (χ1) is 17.6. The SMILES string of the molecule is COc1ccc2c(c1)C1(CC1c1ccc3c(-c4ccc(N5CCN(C)CC5)nc4)n[nH]c3c1)C(=O)N2.Cl.Cl. The Bertz CT molecular complexity index is 1500. The van der Waals surface area contributed by atoms with E-state index in [1.165, 1.54) is 0 Å². The lowest BCUT2D eigenvalue weighted by atomic mass is 9.91. The molecule has 3 aliphatic rings. The van der Waals surface area contributed by atoms with Crippen LogP contribution in [-0.4, -0.2) is 66.3 Å². The normalized spacial score (nSPS) is 22.0. The van der Waals surface area contributed by atoms with Crippen LogP contribution in [0.15, 0.2) is 54.7 Å². The number of nitrogens with zero attached hydrogens (tertiary/aromatic N) is 4. The minimum atomic E-state index is -0.511. The number of carbonyl (C=O) groups is 1. The zero-order valence-electron chi connectivity index (χ0n) is 21.2. The molecule has 8 nitrogen and oxygen atoms in total. The smallest absolute Gasteiger partial charge is 0.235 e. The molecule has 2 atom stereocenters. The summed E-state index contributed by atoms with van der Waals surface area (Å²) in [5.74, 6) is 2.00. The number of benzene rings is 2. The van der Waals surface area contributed by atoms with Crippen LogP contribution in [0, 0.1) is 0 Å². The van der Waals surface area contributed by atoms with Crippen LogP contribution in [0.3, 0.4) is 0 Å². The van der Waals surface area contributed by atoms with Gasteiger partial charge in [-0.1, -0.05) is 12.1 Å². The van der Waals surface area contributed by atoms with Crippen LogP contribution in [-0.2, 0) is 10.2 Å². The second-order valence-corrected chi connectivity index (χ2v) is 10.2. The van der Waals surface area contributed by atoms with Gasteiger partial charge in [0.25, 0.3) is 0 Å². The van der Waals surface area contributed by atoms with Gasteiger partial charge in [-0.05, 0) is 61.0 Å². The summed E-state index contributed by atoms with van der Waals surface area (Å²) in [7, 11) is 3.81. The number of hydrogen-bond acceptors (Lipinski definition) is 6. The molecule has 1 spiro atoms. The Hall–Kier alpha value is -3.33. The maximum Gasteiger partial charge on any atom is 0.235 e. The van der Waals surface area contributed by atoms with Crippen LogP contribution in [0.2, 0.25) is 0 Å². The van der Waals surface area contributed by atoms with Gasteiger partial charge in [-0.25, -0.2) is 4.98 Å². The maximum absolute atomic E-state index is 13.0. The van der Waals surface area contributed by atoms with Crippen molar-refractivity contribution in [2.75, 3.05) is 50.6 Å². The van der Waals surface area contributed by atoms with Crippen LogP contribution >= 0.6 is 24.8 Å². The molecular weight excluding hydrogens is 523 g/mol. The summed E-state index contributed by atoms with van der Waals surface area (Å²) < 4.78 is 5.42. The Balaban J connectivity index is 0.00000147. The molecule has 1 aliphatic carbocycles. The number of likely N-dealkylation sites (N-methyl/N-ethyl adjacent to an activating group) is 1. The number of aromatic amines is 1. The van der Waals surface area contributed by atoms with Crippen LogP contribution in [0.5, 0.6) is 5.75 Å². The van der Waals surface area contributed by atoms with Gasteiger partial charge < -0.3 is 19.9 Å². The van der Waals surface area contributed by atoms with Crippen molar-refractivity contribution in [3.63, 3.8) is 0 Å². The van der Waals surface area contributed by atoms with Gasteiger partial charge in [0.15, 0.2) is 0 Å². The molecular formula is C28H30Cl2N6O2. The van der Waals surface area contributed by atoms with E-state index in [0.717, 1.165) is 83.1 Å². The molecule has 2 aliphatic heterocycles. The van der Waals surface area contributed by atoms with Crippen LogP contribution in [0.25, 0.3) is 22.2 Å². The molecule has 10 heteroatoms. The summed E-state index contributed by atoms with van der Waals surface area (Å²) in [5, 5.41) is 11.9. The topological polar surface area (TPSA) is 86.4 Å². The lowest BCUT2D eigenvalue weighted by molar-refractivity contribution is -0.118. The molecule has 0 bridgehead atoms. The molecule has 0 radical (unpaired) electrons. The molecule has 1 saturated carbocycles. The van der Waals surface area contributed by atoms with E-state index in [-0.39, 0.29) is 36.6 Å². The van der Waals surface area contributed by atoms with Crippen molar-refractivity contribution >= 4 is 53.1 Å². The summed E-state index contributed by atoms with van der Waals surface area (Å²) in [6.45, 7) is 4.10. The third kappa shape index (κ3) is 3.99. The molecule has 2 fully saturated rings. The van der Waals surface area contributed by atoms with Crippen molar-refractivity contribution in [1.82, 2.24) is 20.1 Å². The number of fused-ring (bicyclic) bond motifs is 3. The number of halogens is 2. The maximum atomic E-state index is 13.0. The van der Waals surface area contributed by atoms with Gasteiger partial charge in [0, 0.05) is 54.9 Å². The monoisotopic (exact) mass is 552 g/mol. The van der Waals surface area contributed by atoms with Gasteiger partial charge in [-0.3, -0.25) is 9.89 Å². The number of piperazine rings is 1. The van der Waals surface area contributed by atoms with Gasteiger partial charge in [0.05, 0.1) is 18.0 Å². The summed E-state index contributed by atoms with van der Waals surface area (Å²) in [4.78, 5) is 22.4. The average molecular weight is 553 g/mol. The Morgan fingerprint density at radius 1 is 1.03 bits per heavy atom. The van der Waals surface area contributed by atoms with E-state index in [1.54, 1.807) is 7.11 Å². The van der Waals surface area contributed by atoms with Crippen molar-refractivity contribution in [2.24, 2.45) is 0 Å². The number of ether oxygens (including phenoxy) is 1. The number of carbonyl (C=O) groups excluding carboxylic acids is 1. The average Bonchev–Trinajstić information content (AvgIpc) is 3.44. The van der Waals surface area contributed by atoms with E-state index in [1.807, 2.05) is 24.4 Å². The number of nitrogens with one attached hydrogen (secondary N) is 2. The number of methoxy groups -OCH3 is 1. The zero-order valence-corrected chi connectivity index (χ0v) is 22.9. The molecule has 38 heavy (non-hydrogen) atoms. The standard InChI is InChI=1S/C28H28N6O2.2ClH/c1-33-9-11-34(12-10-33)25-8-4-18(16-29-25)26-20-6-3-17(13-24(20)31-32-26)22-15-28(22)21-14-19(36-2)5-7-23(21)30-27(28)35;;/h3-8,13-14,16,22H,9-12,15H2,1-2H3,(H,30,35)(H,31,32);2*1H. The van der Waals surface area contributed by atoms with Gasteiger partial charge in [0.1, 0.15) is 17.3 Å². The Labute approximate surface area is 233 Å². The lowest BCUT2D eigenvalue weighted by Gasteiger charge is -2.33. The van der Waals surface area contributed by atoms with Crippen molar-refractivity contribution in [1.29, 1.82) is 0 Å². The first-order valence-corrected chi connectivity index (χ1v) is 12.4. The van der Waals surface area contributed by atoms with Crippen LogP contribution in [0.4, 0.5) is 11.5 Å². The summed E-state index contributed by atoms with van der Waals surface area (Å²) in [6, 6.07) is 16.4. The second-order valence-electron chi connectivity index (χ2n) is 10.2. The largest absolute Gasteiger partial charge is 0.497 e. The van der Waals surface area contributed by atoms with Gasteiger partial charge >= 0.3 is 0 Å². The van der Waals surface area contributed by atoms with Crippen molar-refractivity contribution in [3.05, 3.63) is 65.9 Å². The predicted molar refractivity (Wildman–Crippen MR) is 154 cm³/mol. The highest BCUT2D eigenvalue weighted by molar-refractivity contribution is 6.10. The van der Waals surface area contributed by atoms with Gasteiger partial charge in [0.2, 0.25) is 5.91 Å². The van der Waals surface area contributed by atoms with Crippen LogP contribution < -0.4 is 15.0 Å². The first kappa shape index (κ1) is 26.3. The Morgan fingerprint density at radius 2 is 1.84 bits per heavy atom. The van der Waals surface area contributed by atoms with E-state index < -0.39 is 5.41 Å². The fourth-order valence-electron chi connectivity index (χ4n) is 5.92. The van der Waals surface area contributed by atoms with E-state index >= 15 is 0 Å². The molecule has 2 unspecified atom stereocenters. The number of amides is 1. The molecule has 198 valence electrons. The first-order valence-electron chi connectivity index (χ1n) is 12.4. The molecule has 2 N–H and O–H groups in total. The summed E-state index contributed by atoms with van der Waals surface area (Å²) >= 11 is 0. The highest BCUT2D eigenvalue weighted by Crippen LogP contribution is 2.65. The minimum absolute atomic E-state index is 0. The molecule has 2 aromatic heterocycles. The highest BCUT2D eigenvalue weighted by atomic mass is 35.5. The number of H-pyrrole nitrogens is 1. The van der Waals surface area contributed by atoms with E-state index in [2.05, 4.69) is 62.7 Å². The minimum Gasteiger partial charge on any atom is -0.497 e. The van der Waals surface area contributed by atoms with Gasteiger partial charge in [-0.15, -0.1) is 24.8 Å². The van der Waals surface area contributed by atoms with E-state index in [9.17, 15) is 4.79 Å². The zero-order chi connectivity index (χ0) is 24.4. The number of hydrogen-bond donors (Lipinski definition) is 2. The number of anilines is 2. The fraction of sp³-hybridized carbons (Fsp3) is 0.321. The summed E-state index contributed by atoms with van der Waals surface area (Å²) in [6.07, 6.45) is 2.71. The third-order valence-electron chi connectivity index (χ3n) is 8.16. The third-order valence-corrected chi connectivity index (χ3v) is 8.16. The van der Waals surface area contributed by atoms with Crippen LogP contribution in [0.1, 0.15) is 23.5 Å². The molecule has 1 amide bonds. The van der Waals surface area contributed by atoms with Crippen molar-refractivity contribution in [3.8, 4) is 17.0 Å². The molecule has 7 rings (SSSR count). The van der Waals surface area contributed by atoms with Crippen molar-refractivity contribution in [2.45, 2.75) is 17.8 Å².